The maximum atomic E-state index is 11.8. The zero-order valence-electron chi connectivity index (χ0n) is 15.2. The molecule has 1 fully saturated rings. The second-order valence-electron chi connectivity index (χ2n) is 7.16. The Morgan fingerprint density at radius 1 is 1.40 bits per heavy atom. The van der Waals surface area contributed by atoms with Crippen LogP contribution in [-0.4, -0.2) is 51.5 Å². The molecule has 1 amide bonds. The van der Waals surface area contributed by atoms with Crippen LogP contribution in [0.25, 0.3) is 5.57 Å². The lowest BCUT2D eigenvalue weighted by atomic mass is 9.73. The molecule has 1 aliphatic heterocycles. The van der Waals surface area contributed by atoms with Crippen molar-refractivity contribution in [3.63, 3.8) is 0 Å². The average molecular weight is 349 g/mol. The fraction of sp³-hybridized carbons (Fsp3) is 0.611. The van der Waals surface area contributed by atoms with E-state index < -0.39 is 12.1 Å². The van der Waals surface area contributed by atoms with E-state index in [2.05, 4.69) is 25.5 Å². The van der Waals surface area contributed by atoms with Crippen LogP contribution in [0.2, 0.25) is 0 Å². The summed E-state index contributed by atoms with van der Waals surface area (Å²) in [6.07, 6.45) is 4.30. The first-order valence-electron chi connectivity index (χ1n) is 8.61. The quantitative estimate of drug-likeness (QED) is 0.630. The Bertz CT molecular complexity index is 643. The van der Waals surface area contributed by atoms with Gasteiger partial charge in [0.1, 0.15) is 0 Å². The van der Waals surface area contributed by atoms with Crippen LogP contribution < -0.4 is 0 Å². The lowest BCUT2D eigenvalue weighted by Gasteiger charge is -2.39. The monoisotopic (exact) mass is 349 g/mol. The maximum absolute atomic E-state index is 11.8. The third-order valence-electron chi connectivity index (χ3n) is 4.94. The number of nitrogens with zero attached hydrogens (tertiary/aromatic N) is 3. The van der Waals surface area contributed by atoms with Crippen LogP contribution in [0, 0.1) is 11.3 Å². The Kier molecular flexibility index (Phi) is 5.87. The minimum Gasteiger partial charge on any atom is -0.465 e. The Labute approximate surface area is 148 Å². The minimum atomic E-state index is -0.842. The van der Waals surface area contributed by atoms with Gasteiger partial charge in [0, 0.05) is 31.4 Å². The SMILES string of the molecule is C=C(C(=O)OCC)c1cnn(CC(C)(C)C2CCN(C(=O)O)CC2)c1. The Morgan fingerprint density at radius 3 is 2.60 bits per heavy atom. The number of piperidine rings is 1. The van der Waals surface area contributed by atoms with Gasteiger partial charge in [-0.15, -0.1) is 0 Å². The van der Waals surface area contributed by atoms with Crippen molar-refractivity contribution in [3.05, 3.63) is 24.5 Å². The van der Waals surface area contributed by atoms with Crippen LogP contribution in [-0.2, 0) is 16.1 Å². The number of carbonyl (C=O) groups is 2. The van der Waals surface area contributed by atoms with Crippen molar-refractivity contribution in [3.8, 4) is 0 Å². The number of rotatable bonds is 6. The van der Waals surface area contributed by atoms with Crippen LogP contribution in [0.5, 0.6) is 0 Å². The molecule has 1 aliphatic rings. The molecule has 1 saturated heterocycles. The van der Waals surface area contributed by atoms with Gasteiger partial charge in [0.2, 0.25) is 0 Å². The van der Waals surface area contributed by atoms with Gasteiger partial charge in [0.05, 0.1) is 18.4 Å². The normalized spacial score (nSPS) is 15.9. The topological polar surface area (TPSA) is 84.7 Å². The molecule has 7 nitrogen and oxygen atoms in total. The Balaban J connectivity index is 1.98. The summed E-state index contributed by atoms with van der Waals surface area (Å²) < 4.78 is 6.79. The summed E-state index contributed by atoms with van der Waals surface area (Å²) in [5.41, 5.74) is 0.940. The summed E-state index contributed by atoms with van der Waals surface area (Å²) in [5.74, 6) is -0.00800. The van der Waals surface area contributed by atoms with Crippen molar-refractivity contribution in [2.75, 3.05) is 19.7 Å². The summed E-state index contributed by atoms with van der Waals surface area (Å²) in [6.45, 7) is 12.1. The van der Waals surface area contributed by atoms with Crippen molar-refractivity contribution < 1.29 is 19.4 Å². The molecule has 0 aromatic carbocycles. The van der Waals surface area contributed by atoms with Crippen LogP contribution in [0.3, 0.4) is 0 Å². The van der Waals surface area contributed by atoms with E-state index >= 15 is 0 Å². The van der Waals surface area contributed by atoms with E-state index in [1.807, 2.05) is 10.9 Å². The third-order valence-corrected chi connectivity index (χ3v) is 4.94. The summed E-state index contributed by atoms with van der Waals surface area (Å²) in [5, 5.41) is 13.4. The van der Waals surface area contributed by atoms with E-state index in [4.69, 9.17) is 9.84 Å². The first-order valence-corrected chi connectivity index (χ1v) is 8.61. The third kappa shape index (κ3) is 4.61. The molecule has 2 heterocycles. The fourth-order valence-corrected chi connectivity index (χ4v) is 3.34. The van der Waals surface area contributed by atoms with Gasteiger partial charge in [0.25, 0.3) is 0 Å². The molecule has 1 N–H and O–H groups in total. The van der Waals surface area contributed by atoms with Gasteiger partial charge in [-0.3, -0.25) is 4.68 Å². The minimum absolute atomic E-state index is 0.0286. The number of amides is 1. The van der Waals surface area contributed by atoms with Crippen molar-refractivity contribution in [1.82, 2.24) is 14.7 Å². The van der Waals surface area contributed by atoms with Gasteiger partial charge >= 0.3 is 12.1 Å². The maximum Gasteiger partial charge on any atom is 0.407 e. The van der Waals surface area contributed by atoms with E-state index in [1.165, 1.54) is 4.90 Å². The molecule has 1 aromatic heterocycles. The zero-order chi connectivity index (χ0) is 18.6. The van der Waals surface area contributed by atoms with Crippen LogP contribution >= 0.6 is 0 Å². The van der Waals surface area contributed by atoms with Crippen LogP contribution in [0.1, 0.15) is 39.2 Å². The fourth-order valence-electron chi connectivity index (χ4n) is 3.34. The first-order chi connectivity index (χ1) is 11.7. The number of carbonyl (C=O) groups excluding carboxylic acids is 1. The Morgan fingerprint density at radius 2 is 2.04 bits per heavy atom. The highest BCUT2D eigenvalue weighted by atomic mass is 16.5. The highest BCUT2D eigenvalue weighted by molar-refractivity contribution is 6.15. The highest BCUT2D eigenvalue weighted by Crippen LogP contribution is 2.36. The van der Waals surface area contributed by atoms with E-state index in [-0.39, 0.29) is 5.41 Å². The van der Waals surface area contributed by atoms with E-state index in [9.17, 15) is 9.59 Å². The molecule has 138 valence electrons. The van der Waals surface area contributed by atoms with Gasteiger partial charge in [-0.2, -0.15) is 5.10 Å². The molecule has 0 unspecified atom stereocenters. The van der Waals surface area contributed by atoms with Crippen LogP contribution in [0.4, 0.5) is 4.79 Å². The zero-order valence-corrected chi connectivity index (χ0v) is 15.2. The van der Waals surface area contributed by atoms with Crippen molar-refractivity contribution in [1.29, 1.82) is 0 Å². The molecule has 0 atom stereocenters. The predicted molar refractivity (Wildman–Crippen MR) is 94.0 cm³/mol. The smallest absolute Gasteiger partial charge is 0.407 e. The molecule has 25 heavy (non-hydrogen) atoms. The number of esters is 1. The molecule has 7 heteroatoms. The summed E-state index contributed by atoms with van der Waals surface area (Å²) in [6, 6.07) is 0. The van der Waals surface area contributed by atoms with Crippen molar-refractivity contribution in [2.45, 2.75) is 40.2 Å². The average Bonchev–Trinajstić information content (AvgIpc) is 3.02. The second kappa shape index (κ2) is 7.72. The van der Waals surface area contributed by atoms with Crippen LogP contribution in [0.15, 0.2) is 19.0 Å². The number of likely N-dealkylation sites (tertiary alicyclic amines) is 1. The van der Waals surface area contributed by atoms with Crippen molar-refractivity contribution in [2.24, 2.45) is 11.3 Å². The molecule has 0 radical (unpaired) electrons. The number of hydrogen-bond acceptors (Lipinski definition) is 4. The summed E-state index contributed by atoms with van der Waals surface area (Å²) in [4.78, 5) is 24.3. The van der Waals surface area contributed by atoms with Gasteiger partial charge < -0.3 is 14.7 Å². The van der Waals surface area contributed by atoms with E-state index in [0.717, 1.165) is 12.8 Å². The molecule has 0 saturated carbocycles. The lowest BCUT2D eigenvalue weighted by molar-refractivity contribution is -0.136. The van der Waals surface area contributed by atoms with Gasteiger partial charge in [-0.1, -0.05) is 20.4 Å². The van der Waals surface area contributed by atoms with E-state index in [1.54, 1.807) is 13.1 Å². The summed E-state index contributed by atoms with van der Waals surface area (Å²) >= 11 is 0. The van der Waals surface area contributed by atoms with E-state index in [0.29, 0.717) is 43.3 Å². The largest absolute Gasteiger partial charge is 0.465 e. The number of hydrogen-bond donors (Lipinski definition) is 1. The highest BCUT2D eigenvalue weighted by Gasteiger charge is 2.34. The first kappa shape index (κ1) is 19.0. The molecule has 1 aromatic rings. The molecular weight excluding hydrogens is 322 g/mol. The molecule has 0 bridgehead atoms. The lowest BCUT2D eigenvalue weighted by Crippen LogP contribution is -2.42. The molecule has 2 rings (SSSR count). The van der Waals surface area contributed by atoms with Crippen molar-refractivity contribution >= 4 is 17.6 Å². The van der Waals surface area contributed by atoms with Gasteiger partial charge in [-0.05, 0) is 31.1 Å². The number of carboxylic acid groups (broad SMARTS) is 1. The molecular formula is C18H27N3O4. The van der Waals surface area contributed by atoms with Gasteiger partial charge in [-0.25, -0.2) is 9.59 Å². The number of aromatic nitrogens is 2. The standard InChI is InChI=1S/C18H27N3O4/c1-5-25-16(22)13(2)14-10-19-21(11-14)12-18(3,4)15-6-8-20(9-7-15)17(23)24/h10-11,15H,2,5-9,12H2,1,3-4H3,(H,23,24). The molecule has 0 spiro atoms. The Hall–Kier alpha value is -2.31. The predicted octanol–water partition coefficient (Wildman–Crippen LogP) is 2.88. The number of ether oxygens (including phenoxy) is 1. The summed E-state index contributed by atoms with van der Waals surface area (Å²) in [7, 11) is 0. The second-order valence-corrected chi connectivity index (χ2v) is 7.16. The van der Waals surface area contributed by atoms with Gasteiger partial charge in [0.15, 0.2) is 0 Å². The molecule has 0 aliphatic carbocycles.